The largest absolute Gasteiger partial charge is 0.489 e. The fraction of sp³-hybridized carbons (Fsp3) is 0.130. The Labute approximate surface area is 169 Å². The van der Waals surface area contributed by atoms with Crippen LogP contribution in [0.5, 0.6) is 5.75 Å². The number of nitrogens with one attached hydrogen (secondary N) is 2. The topological polar surface area (TPSA) is 76.7 Å². The maximum Gasteiger partial charge on any atom is 0.340 e. The van der Waals surface area contributed by atoms with Gasteiger partial charge in [-0.05, 0) is 48.9 Å². The molecule has 0 fully saturated rings. The number of urea groups is 1. The number of hydrogen-bond acceptors (Lipinski definition) is 4. The molecule has 0 radical (unpaired) electrons. The van der Waals surface area contributed by atoms with Crippen molar-refractivity contribution in [2.24, 2.45) is 0 Å². The van der Waals surface area contributed by atoms with E-state index in [9.17, 15) is 9.59 Å². The van der Waals surface area contributed by atoms with Gasteiger partial charge in [-0.25, -0.2) is 9.59 Å². The normalized spacial score (nSPS) is 10.1. The van der Waals surface area contributed by atoms with Crippen molar-refractivity contribution in [3.05, 3.63) is 90.0 Å². The van der Waals surface area contributed by atoms with E-state index in [1.807, 2.05) is 30.3 Å². The average Bonchev–Trinajstić information content (AvgIpc) is 2.74. The molecule has 3 aromatic carbocycles. The maximum absolute atomic E-state index is 12.3. The second-order valence-corrected chi connectivity index (χ2v) is 6.14. The summed E-state index contributed by atoms with van der Waals surface area (Å²) in [5, 5.41) is 5.41. The van der Waals surface area contributed by atoms with Gasteiger partial charge in [0.15, 0.2) is 0 Å². The SMILES string of the molecule is CCOC(=O)c1ccccc1NC(=O)Nc1ccc(OCc2ccccc2)cc1. The second kappa shape index (κ2) is 9.94. The van der Waals surface area contributed by atoms with Gasteiger partial charge in [0.2, 0.25) is 0 Å². The molecule has 0 spiro atoms. The molecule has 148 valence electrons. The smallest absolute Gasteiger partial charge is 0.340 e. The summed E-state index contributed by atoms with van der Waals surface area (Å²) in [5.74, 6) is 0.218. The number of benzene rings is 3. The van der Waals surface area contributed by atoms with Crippen molar-refractivity contribution in [2.45, 2.75) is 13.5 Å². The Morgan fingerprint density at radius 1 is 0.828 bits per heavy atom. The Kier molecular flexibility index (Phi) is 6.84. The first kappa shape index (κ1) is 19.9. The summed E-state index contributed by atoms with van der Waals surface area (Å²) in [6.45, 7) is 2.46. The summed E-state index contributed by atoms with van der Waals surface area (Å²) in [6.07, 6.45) is 0. The van der Waals surface area contributed by atoms with Gasteiger partial charge in [-0.1, -0.05) is 42.5 Å². The van der Waals surface area contributed by atoms with Gasteiger partial charge in [0.1, 0.15) is 12.4 Å². The molecular weight excluding hydrogens is 368 g/mol. The molecule has 0 aliphatic heterocycles. The lowest BCUT2D eigenvalue weighted by Crippen LogP contribution is -2.21. The maximum atomic E-state index is 12.3. The highest BCUT2D eigenvalue weighted by Gasteiger charge is 2.13. The Balaban J connectivity index is 1.57. The molecule has 3 rings (SSSR count). The molecule has 0 bridgehead atoms. The molecule has 0 saturated carbocycles. The van der Waals surface area contributed by atoms with Crippen LogP contribution >= 0.6 is 0 Å². The van der Waals surface area contributed by atoms with Gasteiger partial charge >= 0.3 is 12.0 Å². The first-order valence-electron chi connectivity index (χ1n) is 9.26. The van der Waals surface area contributed by atoms with Crippen LogP contribution in [-0.4, -0.2) is 18.6 Å². The van der Waals surface area contributed by atoms with Gasteiger partial charge in [0.25, 0.3) is 0 Å². The fourth-order valence-electron chi connectivity index (χ4n) is 2.64. The van der Waals surface area contributed by atoms with Crippen LogP contribution in [0.3, 0.4) is 0 Å². The van der Waals surface area contributed by atoms with Gasteiger partial charge in [-0.2, -0.15) is 0 Å². The minimum atomic E-state index is -0.483. The van der Waals surface area contributed by atoms with Crippen LogP contribution in [-0.2, 0) is 11.3 Å². The molecule has 2 amide bonds. The van der Waals surface area contributed by atoms with Crippen LogP contribution < -0.4 is 15.4 Å². The Morgan fingerprint density at radius 3 is 2.24 bits per heavy atom. The third-order valence-corrected chi connectivity index (χ3v) is 4.03. The van der Waals surface area contributed by atoms with E-state index < -0.39 is 12.0 Å². The Morgan fingerprint density at radius 2 is 1.52 bits per heavy atom. The molecule has 0 saturated heterocycles. The van der Waals surface area contributed by atoms with Crippen LogP contribution in [0.4, 0.5) is 16.2 Å². The van der Waals surface area contributed by atoms with E-state index in [2.05, 4.69) is 10.6 Å². The van der Waals surface area contributed by atoms with Crippen molar-refractivity contribution in [1.29, 1.82) is 0 Å². The van der Waals surface area contributed by atoms with Gasteiger partial charge < -0.3 is 20.1 Å². The van der Waals surface area contributed by atoms with E-state index in [1.165, 1.54) is 0 Å². The minimum Gasteiger partial charge on any atom is -0.489 e. The van der Waals surface area contributed by atoms with E-state index in [1.54, 1.807) is 55.5 Å². The van der Waals surface area contributed by atoms with Crippen LogP contribution in [0.1, 0.15) is 22.8 Å². The third kappa shape index (κ3) is 5.84. The van der Waals surface area contributed by atoms with Crippen molar-refractivity contribution in [1.82, 2.24) is 0 Å². The number of anilines is 2. The standard InChI is InChI=1S/C23H22N2O4/c1-2-28-22(26)20-10-6-7-11-21(20)25-23(27)24-18-12-14-19(15-13-18)29-16-17-8-4-3-5-9-17/h3-15H,2,16H2,1H3,(H2,24,25,27). The molecule has 0 aliphatic carbocycles. The predicted molar refractivity (Wildman–Crippen MR) is 112 cm³/mol. The summed E-state index contributed by atoms with van der Waals surface area (Å²) < 4.78 is 10.7. The molecule has 6 nitrogen and oxygen atoms in total. The van der Waals surface area contributed by atoms with Gasteiger partial charge in [-0.3, -0.25) is 0 Å². The summed E-state index contributed by atoms with van der Waals surface area (Å²) >= 11 is 0. The zero-order valence-electron chi connectivity index (χ0n) is 16.1. The summed E-state index contributed by atoms with van der Waals surface area (Å²) in [7, 11) is 0. The predicted octanol–water partition coefficient (Wildman–Crippen LogP) is 5.09. The van der Waals surface area contributed by atoms with E-state index in [-0.39, 0.29) is 6.61 Å². The molecule has 0 atom stereocenters. The fourth-order valence-corrected chi connectivity index (χ4v) is 2.64. The summed E-state index contributed by atoms with van der Waals surface area (Å²) in [6, 6.07) is 23.2. The van der Waals surface area contributed by atoms with Crippen molar-refractivity contribution < 1.29 is 19.1 Å². The number of ether oxygens (including phenoxy) is 2. The van der Waals surface area contributed by atoms with Crippen molar-refractivity contribution in [3.8, 4) is 5.75 Å². The molecule has 29 heavy (non-hydrogen) atoms. The molecule has 0 heterocycles. The number of amides is 2. The Bertz CT molecular complexity index is 956. The number of hydrogen-bond donors (Lipinski definition) is 2. The molecule has 0 unspecified atom stereocenters. The lowest BCUT2D eigenvalue weighted by atomic mass is 10.2. The van der Waals surface area contributed by atoms with Crippen molar-refractivity contribution in [2.75, 3.05) is 17.2 Å². The van der Waals surface area contributed by atoms with Crippen LogP contribution in [0.2, 0.25) is 0 Å². The van der Waals surface area contributed by atoms with Gasteiger partial charge in [0, 0.05) is 5.69 Å². The molecule has 6 heteroatoms. The summed E-state index contributed by atoms with van der Waals surface area (Å²) in [4.78, 5) is 24.3. The first-order chi connectivity index (χ1) is 14.2. The quantitative estimate of drug-likeness (QED) is 0.551. The van der Waals surface area contributed by atoms with Crippen LogP contribution in [0, 0.1) is 0 Å². The van der Waals surface area contributed by atoms with Crippen LogP contribution in [0.25, 0.3) is 0 Å². The third-order valence-electron chi connectivity index (χ3n) is 4.03. The molecule has 2 N–H and O–H groups in total. The van der Waals surface area contributed by atoms with Crippen molar-refractivity contribution >= 4 is 23.4 Å². The van der Waals surface area contributed by atoms with Gasteiger partial charge in [0.05, 0.1) is 17.9 Å². The number of para-hydroxylation sites is 1. The molecular formula is C23H22N2O4. The van der Waals surface area contributed by atoms with Gasteiger partial charge in [-0.15, -0.1) is 0 Å². The zero-order chi connectivity index (χ0) is 20.5. The summed E-state index contributed by atoms with van der Waals surface area (Å²) in [5.41, 5.74) is 2.36. The first-order valence-corrected chi connectivity index (χ1v) is 9.26. The van der Waals surface area contributed by atoms with E-state index >= 15 is 0 Å². The Hall–Kier alpha value is -3.80. The highest BCUT2D eigenvalue weighted by atomic mass is 16.5. The monoisotopic (exact) mass is 390 g/mol. The number of rotatable bonds is 7. The zero-order valence-corrected chi connectivity index (χ0v) is 16.1. The second-order valence-electron chi connectivity index (χ2n) is 6.14. The van der Waals surface area contributed by atoms with E-state index in [0.717, 1.165) is 5.56 Å². The lowest BCUT2D eigenvalue weighted by molar-refractivity contribution is 0.0527. The highest BCUT2D eigenvalue weighted by molar-refractivity contribution is 6.05. The number of carbonyl (C=O) groups excluding carboxylic acids is 2. The molecule has 0 aliphatic rings. The van der Waals surface area contributed by atoms with Crippen molar-refractivity contribution in [3.63, 3.8) is 0 Å². The van der Waals surface area contributed by atoms with Crippen LogP contribution in [0.15, 0.2) is 78.9 Å². The van der Waals surface area contributed by atoms with E-state index in [4.69, 9.17) is 9.47 Å². The highest BCUT2D eigenvalue weighted by Crippen LogP contribution is 2.19. The average molecular weight is 390 g/mol. The minimum absolute atomic E-state index is 0.262. The molecule has 3 aromatic rings. The lowest BCUT2D eigenvalue weighted by Gasteiger charge is -2.12. The number of carbonyl (C=O) groups is 2. The van der Waals surface area contributed by atoms with E-state index in [0.29, 0.717) is 29.3 Å². The number of esters is 1. The molecule has 0 aromatic heterocycles.